The average molecular weight is 319 g/mol. The highest BCUT2D eigenvalue weighted by Gasteiger charge is 2.22. The number of hydrogen-bond donors (Lipinski definition) is 0. The van der Waals surface area contributed by atoms with E-state index in [1.54, 1.807) is 0 Å². The summed E-state index contributed by atoms with van der Waals surface area (Å²) in [6, 6.07) is 0. The van der Waals surface area contributed by atoms with Gasteiger partial charge in [-0.3, -0.25) is 0 Å². The summed E-state index contributed by atoms with van der Waals surface area (Å²) in [5, 5.41) is 3.91. The summed E-state index contributed by atoms with van der Waals surface area (Å²) in [6.07, 6.45) is 6.31. The molecule has 0 amide bonds. The fourth-order valence-electron chi connectivity index (χ4n) is 2.55. The topological polar surface area (TPSA) is 29.3 Å². The van der Waals surface area contributed by atoms with Gasteiger partial charge in [0.25, 0.3) is 0 Å². The Morgan fingerprint density at radius 1 is 1.17 bits per heavy atom. The van der Waals surface area contributed by atoms with Gasteiger partial charge in [-0.2, -0.15) is 0 Å². The first kappa shape index (κ1) is 21.2. The van der Waals surface area contributed by atoms with E-state index in [-0.39, 0.29) is 12.8 Å². The molecule has 0 unspecified atom stereocenters. The monoisotopic (exact) mass is 318 g/mol. The molecule has 0 saturated heterocycles. The van der Waals surface area contributed by atoms with Crippen LogP contribution < -0.4 is 0 Å². The maximum absolute atomic E-state index is 5.07. The van der Waals surface area contributed by atoms with Gasteiger partial charge in [0.2, 0.25) is 0 Å². The molecule has 23 heavy (non-hydrogen) atoms. The van der Waals surface area contributed by atoms with Crippen molar-refractivity contribution in [3.05, 3.63) is 53.2 Å². The normalized spacial score (nSPS) is 14.2. The molecule has 0 atom stereocenters. The fourth-order valence-corrected chi connectivity index (χ4v) is 2.55. The Balaban J connectivity index is 0.000000403. The molecule has 1 aliphatic heterocycles. The molecule has 3 heteroatoms. The molecule has 2 heterocycles. The van der Waals surface area contributed by atoms with Crippen LogP contribution >= 0.6 is 0 Å². The SMILES string of the molecule is C.C=C1C=CC(C(C)C)=CN1C.Cc1noc(C)c1C(C)(C)C. The van der Waals surface area contributed by atoms with E-state index in [1.165, 1.54) is 11.1 Å². The van der Waals surface area contributed by atoms with Crippen molar-refractivity contribution < 1.29 is 4.52 Å². The number of hydrogen-bond acceptors (Lipinski definition) is 3. The zero-order chi connectivity index (χ0) is 17.1. The second-order valence-electron chi connectivity index (χ2n) is 7.17. The highest BCUT2D eigenvalue weighted by Crippen LogP contribution is 2.27. The predicted octanol–water partition coefficient (Wildman–Crippen LogP) is 5.77. The molecule has 0 spiro atoms. The molecule has 1 aromatic rings. The van der Waals surface area contributed by atoms with Crippen LogP contribution in [-0.2, 0) is 5.41 Å². The van der Waals surface area contributed by atoms with Gasteiger partial charge in [0.05, 0.1) is 5.69 Å². The van der Waals surface area contributed by atoms with E-state index in [9.17, 15) is 0 Å². The van der Waals surface area contributed by atoms with E-state index in [4.69, 9.17) is 4.52 Å². The van der Waals surface area contributed by atoms with Crippen molar-refractivity contribution in [3.8, 4) is 0 Å². The largest absolute Gasteiger partial charge is 0.361 e. The average Bonchev–Trinajstić information content (AvgIpc) is 2.72. The minimum Gasteiger partial charge on any atom is -0.361 e. The third kappa shape index (κ3) is 5.74. The van der Waals surface area contributed by atoms with Crippen LogP contribution in [0, 0.1) is 19.8 Å². The van der Waals surface area contributed by atoms with Gasteiger partial charge in [-0.15, -0.1) is 0 Å². The Morgan fingerprint density at radius 3 is 2.04 bits per heavy atom. The third-order valence-electron chi connectivity index (χ3n) is 3.71. The molecule has 1 aromatic heterocycles. The maximum atomic E-state index is 5.07. The zero-order valence-electron chi connectivity index (χ0n) is 15.3. The van der Waals surface area contributed by atoms with Gasteiger partial charge in [0, 0.05) is 24.5 Å². The van der Waals surface area contributed by atoms with E-state index < -0.39 is 0 Å². The molecular weight excluding hydrogens is 284 g/mol. The van der Waals surface area contributed by atoms with Crippen molar-refractivity contribution in [2.45, 2.75) is 61.3 Å². The van der Waals surface area contributed by atoms with Gasteiger partial charge in [0.15, 0.2) is 0 Å². The number of aromatic nitrogens is 1. The summed E-state index contributed by atoms with van der Waals surface area (Å²) >= 11 is 0. The predicted molar refractivity (Wildman–Crippen MR) is 100 cm³/mol. The van der Waals surface area contributed by atoms with Crippen LogP contribution in [0.4, 0.5) is 0 Å². The minimum absolute atomic E-state index is 0. The van der Waals surface area contributed by atoms with Crippen LogP contribution in [0.2, 0.25) is 0 Å². The third-order valence-corrected chi connectivity index (χ3v) is 3.71. The van der Waals surface area contributed by atoms with E-state index >= 15 is 0 Å². The summed E-state index contributed by atoms with van der Waals surface area (Å²) in [4.78, 5) is 2.05. The van der Waals surface area contributed by atoms with Crippen molar-refractivity contribution in [3.63, 3.8) is 0 Å². The number of aryl methyl sites for hydroxylation is 2. The molecule has 130 valence electrons. The Bertz CT molecular complexity index is 564. The lowest BCUT2D eigenvalue weighted by atomic mass is 9.86. The van der Waals surface area contributed by atoms with E-state index in [0.717, 1.165) is 17.2 Å². The van der Waals surface area contributed by atoms with Crippen molar-refractivity contribution >= 4 is 0 Å². The Kier molecular flexibility index (Phi) is 7.56. The van der Waals surface area contributed by atoms with Crippen LogP contribution in [0.15, 0.2) is 40.7 Å². The van der Waals surface area contributed by atoms with Crippen LogP contribution in [0.25, 0.3) is 0 Å². The second kappa shape index (κ2) is 8.19. The summed E-state index contributed by atoms with van der Waals surface area (Å²) in [5.74, 6) is 1.54. The lowest BCUT2D eigenvalue weighted by Gasteiger charge is -2.21. The van der Waals surface area contributed by atoms with Gasteiger partial charge in [0.1, 0.15) is 5.76 Å². The molecule has 0 N–H and O–H groups in total. The minimum atomic E-state index is 0. The second-order valence-corrected chi connectivity index (χ2v) is 7.17. The van der Waals surface area contributed by atoms with Gasteiger partial charge in [-0.05, 0) is 36.8 Å². The molecule has 0 radical (unpaired) electrons. The van der Waals surface area contributed by atoms with E-state index in [2.05, 4.69) is 69.6 Å². The first-order valence-corrected chi connectivity index (χ1v) is 7.79. The first-order valence-electron chi connectivity index (χ1n) is 7.79. The lowest BCUT2D eigenvalue weighted by molar-refractivity contribution is 0.389. The van der Waals surface area contributed by atoms with Gasteiger partial charge in [-0.25, -0.2) is 0 Å². The standard InChI is InChI=1S/C10H15N.C9H15NO.CH4/c1-8(2)10-6-5-9(3)11(4)7-10;1-6-8(9(3,4)5)7(2)11-10-6;/h5-8H,3H2,1-2,4H3;1-5H3;1H4. The van der Waals surface area contributed by atoms with E-state index in [1.807, 2.05) is 20.9 Å². The lowest BCUT2D eigenvalue weighted by Crippen LogP contribution is -2.13. The van der Waals surface area contributed by atoms with Crippen LogP contribution in [-0.4, -0.2) is 17.1 Å². The molecule has 0 saturated carbocycles. The number of rotatable bonds is 1. The van der Waals surface area contributed by atoms with Crippen molar-refractivity contribution in [2.24, 2.45) is 5.92 Å². The Labute approximate surface area is 142 Å². The molecule has 0 bridgehead atoms. The van der Waals surface area contributed by atoms with Crippen molar-refractivity contribution in [1.29, 1.82) is 0 Å². The van der Waals surface area contributed by atoms with Crippen LogP contribution in [0.5, 0.6) is 0 Å². The fraction of sp³-hybridized carbons (Fsp3) is 0.550. The van der Waals surface area contributed by atoms with Crippen LogP contribution in [0.1, 0.15) is 59.1 Å². The summed E-state index contributed by atoms with van der Waals surface area (Å²) < 4.78 is 5.07. The number of nitrogens with zero attached hydrogens (tertiary/aromatic N) is 2. The van der Waals surface area contributed by atoms with E-state index in [0.29, 0.717) is 5.92 Å². The van der Waals surface area contributed by atoms with Gasteiger partial charge < -0.3 is 9.42 Å². The summed E-state index contributed by atoms with van der Waals surface area (Å²) in [7, 11) is 2.02. The Hall–Kier alpha value is -1.77. The summed E-state index contributed by atoms with van der Waals surface area (Å²) in [6.45, 7) is 18.7. The highest BCUT2D eigenvalue weighted by atomic mass is 16.5. The molecule has 1 aliphatic rings. The number of likely N-dealkylation sites (N-methyl/N-ethyl adjacent to an activating group) is 1. The molecular formula is C20H34N2O. The highest BCUT2D eigenvalue weighted by molar-refractivity contribution is 5.32. The molecule has 0 fully saturated rings. The molecule has 2 rings (SSSR count). The maximum Gasteiger partial charge on any atom is 0.137 e. The Morgan fingerprint density at radius 2 is 1.74 bits per heavy atom. The number of allylic oxidation sites excluding steroid dienone is 3. The summed E-state index contributed by atoms with van der Waals surface area (Å²) in [5.41, 5.74) is 4.80. The molecule has 0 aromatic carbocycles. The first-order chi connectivity index (χ1) is 10.0. The quantitative estimate of drug-likeness (QED) is 0.658. The molecule has 0 aliphatic carbocycles. The van der Waals surface area contributed by atoms with Gasteiger partial charge >= 0.3 is 0 Å². The van der Waals surface area contributed by atoms with Crippen LogP contribution in [0.3, 0.4) is 0 Å². The van der Waals surface area contributed by atoms with Crippen molar-refractivity contribution in [2.75, 3.05) is 7.05 Å². The smallest absolute Gasteiger partial charge is 0.137 e. The van der Waals surface area contributed by atoms with Gasteiger partial charge in [-0.1, -0.05) is 59.9 Å². The molecule has 3 nitrogen and oxygen atoms in total. The van der Waals surface area contributed by atoms with Crippen molar-refractivity contribution in [1.82, 2.24) is 10.1 Å². The zero-order valence-corrected chi connectivity index (χ0v) is 15.3.